The van der Waals surface area contributed by atoms with Crippen molar-refractivity contribution in [2.75, 3.05) is 11.9 Å². The van der Waals surface area contributed by atoms with Gasteiger partial charge < -0.3 is 10.1 Å². The van der Waals surface area contributed by atoms with Gasteiger partial charge in [0, 0.05) is 24.0 Å². The molecule has 0 atom stereocenters. The van der Waals surface area contributed by atoms with Gasteiger partial charge in [0.15, 0.2) is 0 Å². The first-order valence-corrected chi connectivity index (χ1v) is 9.59. The molecule has 0 radical (unpaired) electrons. The van der Waals surface area contributed by atoms with Gasteiger partial charge in [0.25, 0.3) is 11.4 Å². The molecule has 1 aromatic carbocycles. The Labute approximate surface area is 170 Å². The third-order valence-electron chi connectivity index (χ3n) is 3.87. The highest BCUT2D eigenvalue weighted by atomic mass is 79.9. The Morgan fingerprint density at radius 1 is 1.22 bits per heavy atom. The number of hydrogen-bond donors (Lipinski definition) is 2. The Bertz CT molecular complexity index is 950. The molecule has 8 heteroatoms. The van der Waals surface area contributed by atoms with Gasteiger partial charge in [-0.25, -0.2) is 5.10 Å². The smallest absolute Gasteiger partial charge is 0.280 e. The molecule has 140 valence electrons. The predicted molar refractivity (Wildman–Crippen MR) is 109 cm³/mol. The second-order valence-corrected chi connectivity index (χ2v) is 7.01. The van der Waals surface area contributed by atoms with Gasteiger partial charge in [-0.3, -0.25) is 9.78 Å². The molecule has 2 aromatic heterocycles. The van der Waals surface area contributed by atoms with Gasteiger partial charge in [0.2, 0.25) is 0 Å². The van der Waals surface area contributed by atoms with Crippen LogP contribution in [0.4, 0.5) is 5.69 Å². The normalized spacial score (nSPS) is 10.6. The van der Waals surface area contributed by atoms with Crippen LogP contribution >= 0.6 is 27.5 Å². The monoisotopic (exact) mass is 448 g/mol. The van der Waals surface area contributed by atoms with E-state index in [1.54, 1.807) is 12.4 Å². The number of aromatic amines is 1. The number of ether oxygens (including phenoxy) is 1. The van der Waals surface area contributed by atoms with Crippen molar-refractivity contribution in [3.63, 3.8) is 0 Å². The van der Waals surface area contributed by atoms with E-state index in [2.05, 4.69) is 36.4 Å². The van der Waals surface area contributed by atoms with Crippen LogP contribution in [0.3, 0.4) is 0 Å². The van der Waals surface area contributed by atoms with E-state index in [9.17, 15) is 4.79 Å². The zero-order valence-corrected chi connectivity index (χ0v) is 16.8. The number of nitrogens with one attached hydrogen (secondary N) is 2. The molecular weight excluding hydrogens is 432 g/mol. The number of halogens is 2. The van der Waals surface area contributed by atoms with Gasteiger partial charge in [-0.1, -0.05) is 35.9 Å². The summed E-state index contributed by atoms with van der Waals surface area (Å²) in [5.74, 6) is 0.338. The molecule has 0 saturated heterocycles. The molecular formula is C19H18BrClN4O2. The molecule has 0 spiro atoms. The summed E-state index contributed by atoms with van der Waals surface area (Å²) >= 11 is 9.47. The largest absolute Gasteiger partial charge is 0.475 e. The summed E-state index contributed by atoms with van der Waals surface area (Å²) in [5.41, 5.74) is 2.25. The van der Waals surface area contributed by atoms with Gasteiger partial charge in [-0.05, 0) is 52.0 Å². The van der Waals surface area contributed by atoms with Crippen molar-refractivity contribution in [2.45, 2.75) is 19.4 Å². The fraction of sp³-hybridized carbons (Fsp3) is 0.211. The van der Waals surface area contributed by atoms with Gasteiger partial charge >= 0.3 is 0 Å². The molecule has 0 aliphatic rings. The number of pyridine rings is 1. The van der Waals surface area contributed by atoms with E-state index in [4.69, 9.17) is 16.3 Å². The Morgan fingerprint density at radius 2 is 2.07 bits per heavy atom. The fourth-order valence-corrected chi connectivity index (χ4v) is 3.13. The van der Waals surface area contributed by atoms with E-state index in [0.29, 0.717) is 29.2 Å². The Balaban J connectivity index is 1.63. The lowest BCUT2D eigenvalue weighted by molar-refractivity contribution is 0.296. The van der Waals surface area contributed by atoms with E-state index >= 15 is 0 Å². The van der Waals surface area contributed by atoms with Crippen molar-refractivity contribution in [1.82, 2.24) is 15.2 Å². The van der Waals surface area contributed by atoms with Gasteiger partial charge in [0.05, 0.1) is 6.61 Å². The van der Waals surface area contributed by atoms with Crippen LogP contribution in [0.15, 0.2) is 58.1 Å². The van der Waals surface area contributed by atoms with Crippen molar-refractivity contribution >= 4 is 33.2 Å². The summed E-state index contributed by atoms with van der Waals surface area (Å²) in [4.78, 5) is 15.9. The second kappa shape index (κ2) is 9.53. The minimum Gasteiger partial charge on any atom is -0.475 e. The molecule has 0 aliphatic carbocycles. The van der Waals surface area contributed by atoms with Gasteiger partial charge in [0.1, 0.15) is 10.2 Å². The molecule has 2 N–H and O–H groups in total. The van der Waals surface area contributed by atoms with Gasteiger partial charge in [-0.15, -0.1) is 5.10 Å². The van der Waals surface area contributed by atoms with Gasteiger partial charge in [-0.2, -0.15) is 0 Å². The lowest BCUT2D eigenvalue weighted by Crippen LogP contribution is -2.15. The lowest BCUT2D eigenvalue weighted by Gasteiger charge is -2.13. The molecule has 0 bridgehead atoms. The SMILES string of the molecule is O=c1[nH]nc(OCCCc2ccccc2Cl)c(NCc2cccnc2)c1Br. The molecule has 3 aromatic rings. The molecule has 2 heterocycles. The van der Waals surface area contributed by atoms with Crippen LogP contribution in [-0.4, -0.2) is 21.8 Å². The van der Waals surface area contributed by atoms with Crippen molar-refractivity contribution in [3.05, 3.63) is 79.8 Å². The summed E-state index contributed by atoms with van der Waals surface area (Å²) < 4.78 is 6.14. The van der Waals surface area contributed by atoms with Crippen LogP contribution < -0.4 is 15.6 Å². The van der Waals surface area contributed by atoms with E-state index in [-0.39, 0.29) is 5.56 Å². The number of anilines is 1. The highest BCUT2D eigenvalue weighted by molar-refractivity contribution is 9.10. The molecule has 0 unspecified atom stereocenters. The predicted octanol–water partition coefficient (Wildman–Crippen LogP) is 4.20. The highest BCUT2D eigenvalue weighted by Gasteiger charge is 2.13. The van der Waals surface area contributed by atoms with Crippen LogP contribution in [0.5, 0.6) is 5.88 Å². The number of nitrogens with zero attached hydrogens (tertiary/aromatic N) is 2. The van der Waals surface area contributed by atoms with Crippen LogP contribution in [0.1, 0.15) is 17.5 Å². The Hall–Kier alpha value is -2.38. The van der Waals surface area contributed by atoms with E-state index in [0.717, 1.165) is 29.0 Å². The molecule has 0 fully saturated rings. The standard InChI is InChI=1S/C19H18BrClN4O2/c20-16-17(23-12-13-5-3-9-22-11-13)19(25-24-18(16)26)27-10-4-7-14-6-1-2-8-15(14)21/h1-3,5-6,8-9,11H,4,7,10,12H2,(H2,23,24,26). The van der Waals surface area contributed by atoms with Crippen molar-refractivity contribution in [3.8, 4) is 5.88 Å². The zero-order chi connectivity index (χ0) is 19.1. The molecule has 6 nitrogen and oxygen atoms in total. The zero-order valence-electron chi connectivity index (χ0n) is 14.4. The second-order valence-electron chi connectivity index (χ2n) is 5.81. The number of aryl methyl sites for hydroxylation is 1. The number of aromatic nitrogens is 3. The topological polar surface area (TPSA) is 79.9 Å². The van der Waals surface area contributed by atoms with Crippen molar-refractivity contribution < 1.29 is 4.74 Å². The van der Waals surface area contributed by atoms with Crippen LogP contribution in [-0.2, 0) is 13.0 Å². The quantitative estimate of drug-likeness (QED) is 0.504. The summed E-state index contributed by atoms with van der Waals surface area (Å²) in [6.45, 7) is 0.936. The lowest BCUT2D eigenvalue weighted by atomic mass is 10.1. The maximum atomic E-state index is 11.9. The third-order valence-corrected chi connectivity index (χ3v) is 5.00. The highest BCUT2D eigenvalue weighted by Crippen LogP contribution is 2.28. The number of benzene rings is 1. The maximum absolute atomic E-state index is 11.9. The van der Waals surface area contributed by atoms with Crippen molar-refractivity contribution in [1.29, 1.82) is 0 Å². The molecule has 27 heavy (non-hydrogen) atoms. The average molecular weight is 450 g/mol. The first-order chi connectivity index (χ1) is 13.1. The fourth-order valence-electron chi connectivity index (χ4n) is 2.50. The Kier molecular flexibility index (Phi) is 6.84. The third kappa shape index (κ3) is 5.30. The first-order valence-electron chi connectivity index (χ1n) is 8.42. The van der Waals surface area contributed by atoms with E-state index < -0.39 is 0 Å². The Morgan fingerprint density at radius 3 is 2.85 bits per heavy atom. The minimum absolute atomic E-state index is 0.327. The summed E-state index contributed by atoms with van der Waals surface area (Å²) in [6, 6.07) is 11.5. The van der Waals surface area contributed by atoms with Crippen LogP contribution in [0, 0.1) is 0 Å². The number of hydrogen-bond acceptors (Lipinski definition) is 5. The van der Waals surface area contributed by atoms with E-state index in [1.807, 2.05) is 36.4 Å². The van der Waals surface area contributed by atoms with Crippen molar-refractivity contribution in [2.24, 2.45) is 0 Å². The average Bonchev–Trinajstić information content (AvgIpc) is 2.69. The summed E-state index contributed by atoms with van der Waals surface area (Å²) in [6.07, 6.45) is 5.03. The first kappa shape index (κ1) is 19.4. The summed E-state index contributed by atoms with van der Waals surface area (Å²) in [7, 11) is 0. The number of rotatable bonds is 8. The minimum atomic E-state index is -0.327. The number of H-pyrrole nitrogens is 1. The maximum Gasteiger partial charge on any atom is 0.280 e. The molecule has 0 aliphatic heterocycles. The van der Waals surface area contributed by atoms with Crippen LogP contribution in [0.2, 0.25) is 5.02 Å². The summed E-state index contributed by atoms with van der Waals surface area (Å²) in [5, 5.41) is 10.4. The van der Waals surface area contributed by atoms with E-state index in [1.165, 1.54) is 0 Å². The molecule has 0 saturated carbocycles. The molecule has 3 rings (SSSR count). The van der Waals surface area contributed by atoms with Crippen LogP contribution in [0.25, 0.3) is 0 Å². The molecule has 0 amide bonds.